The van der Waals surface area contributed by atoms with Crippen molar-refractivity contribution >= 4 is 18.0 Å². The molecule has 1 aliphatic heterocycles. The number of amides is 1. The highest BCUT2D eigenvalue weighted by Crippen LogP contribution is 2.40. The van der Waals surface area contributed by atoms with Crippen LogP contribution in [0.2, 0.25) is 0 Å². The zero-order chi connectivity index (χ0) is 19.8. The van der Waals surface area contributed by atoms with Crippen molar-refractivity contribution in [2.45, 2.75) is 19.4 Å². The number of rotatable bonds is 7. The van der Waals surface area contributed by atoms with Crippen LogP contribution in [-0.2, 0) is 14.3 Å². The third-order valence-corrected chi connectivity index (χ3v) is 3.84. The lowest BCUT2D eigenvalue weighted by molar-refractivity contribution is -0.154. The highest BCUT2D eigenvalue weighted by Gasteiger charge is 2.21. The fourth-order valence-corrected chi connectivity index (χ4v) is 2.46. The van der Waals surface area contributed by atoms with Gasteiger partial charge in [-0.3, -0.25) is 4.79 Å². The Kier molecular flexibility index (Phi) is 7.06. The molecule has 1 atom stereocenters. The van der Waals surface area contributed by atoms with Crippen molar-refractivity contribution in [3.05, 3.63) is 23.8 Å². The molecule has 1 amide bonds. The van der Waals surface area contributed by atoms with E-state index in [0.29, 0.717) is 36.0 Å². The SMILES string of the molecule is COc1cc(/C=C/C(=O)O[C@H](C)C(=O)N(C)CCC#N)cc2c1OCCO2. The second-order valence-electron chi connectivity index (χ2n) is 5.83. The minimum absolute atomic E-state index is 0.217. The first kappa shape index (κ1) is 20.1. The summed E-state index contributed by atoms with van der Waals surface area (Å²) >= 11 is 0. The van der Waals surface area contributed by atoms with Gasteiger partial charge in [0.2, 0.25) is 5.75 Å². The number of esters is 1. The Hall–Kier alpha value is -3.21. The van der Waals surface area contributed by atoms with Crippen molar-refractivity contribution in [2.24, 2.45) is 0 Å². The van der Waals surface area contributed by atoms with E-state index in [2.05, 4.69) is 0 Å². The van der Waals surface area contributed by atoms with Crippen molar-refractivity contribution in [1.29, 1.82) is 5.26 Å². The fraction of sp³-hybridized carbons (Fsp3) is 0.421. The molecular formula is C19H22N2O6. The van der Waals surface area contributed by atoms with Crippen molar-refractivity contribution in [3.8, 4) is 23.3 Å². The predicted molar refractivity (Wildman–Crippen MR) is 96.4 cm³/mol. The second-order valence-corrected chi connectivity index (χ2v) is 5.83. The minimum Gasteiger partial charge on any atom is -0.493 e. The summed E-state index contributed by atoms with van der Waals surface area (Å²) in [6.45, 7) is 2.65. The predicted octanol–water partition coefficient (Wildman–Crippen LogP) is 1.78. The summed E-state index contributed by atoms with van der Waals surface area (Å²) in [7, 11) is 3.08. The Balaban J connectivity index is 2.00. The van der Waals surface area contributed by atoms with Gasteiger partial charge in [0.25, 0.3) is 5.91 Å². The van der Waals surface area contributed by atoms with Crippen LogP contribution in [0, 0.1) is 11.3 Å². The van der Waals surface area contributed by atoms with Gasteiger partial charge in [0, 0.05) is 19.7 Å². The number of hydrogen-bond acceptors (Lipinski definition) is 7. The average Bonchev–Trinajstić information content (AvgIpc) is 2.68. The normalized spacial score (nSPS) is 13.6. The van der Waals surface area contributed by atoms with Gasteiger partial charge in [0.05, 0.1) is 19.6 Å². The molecule has 8 heteroatoms. The van der Waals surface area contributed by atoms with Crippen LogP contribution in [-0.4, -0.2) is 56.8 Å². The first-order chi connectivity index (χ1) is 13.0. The van der Waals surface area contributed by atoms with Crippen molar-refractivity contribution in [2.75, 3.05) is 33.9 Å². The molecule has 0 bridgehead atoms. The summed E-state index contributed by atoms with van der Waals surface area (Å²) in [6, 6.07) is 5.40. The van der Waals surface area contributed by atoms with E-state index < -0.39 is 12.1 Å². The Morgan fingerprint density at radius 2 is 2.11 bits per heavy atom. The number of hydrogen-bond donors (Lipinski definition) is 0. The molecule has 0 radical (unpaired) electrons. The van der Waals surface area contributed by atoms with Crippen LogP contribution in [0.25, 0.3) is 6.08 Å². The molecule has 0 spiro atoms. The van der Waals surface area contributed by atoms with E-state index in [4.69, 9.17) is 24.2 Å². The lowest BCUT2D eigenvalue weighted by Crippen LogP contribution is -2.37. The molecule has 2 rings (SSSR count). The molecule has 1 aromatic carbocycles. The van der Waals surface area contributed by atoms with Crippen molar-refractivity contribution < 1.29 is 28.5 Å². The second kappa shape index (κ2) is 9.48. The molecule has 0 aliphatic carbocycles. The summed E-state index contributed by atoms with van der Waals surface area (Å²) in [6.07, 6.45) is 2.04. The monoisotopic (exact) mass is 374 g/mol. The number of methoxy groups -OCH3 is 1. The van der Waals surface area contributed by atoms with Crippen LogP contribution in [0.5, 0.6) is 17.2 Å². The number of ether oxygens (including phenoxy) is 4. The van der Waals surface area contributed by atoms with Crippen LogP contribution < -0.4 is 14.2 Å². The maximum Gasteiger partial charge on any atom is 0.331 e. The molecule has 0 N–H and O–H groups in total. The van der Waals surface area contributed by atoms with Crippen LogP contribution in [0.3, 0.4) is 0 Å². The van der Waals surface area contributed by atoms with Crippen LogP contribution >= 0.6 is 0 Å². The largest absolute Gasteiger partial charge is 0.493 e. The van der Waals surface area contributed by atoms with Gasteiger partial charge in [-0.1, -0.05) is 0 Å². The minimum atomic E-state index is -0.944. The van der Waals surface area contributed by atoms with E-state index >= 15 is 0 Å². The van der Waals surface area contributed by atoms with Gasteiger partial charge >= 0.3 is 5.97 Å². The molecule has 1 aromatic rings. The van der Waals surface area contributed by atoms with Crippen LogP contribution in [0.1, 0.15) is 18.9 Å². The van der Waals surface area contributed by atoms with E-state index in [1.165, 1.54) is 25.0 Å². The molecule has 0 saturated heterocycles. The Labute approximate surface area is 157 Å². The fourth-order valence-electron chi connectivity index (χ4n) is 2.46. The highest BCUT2D eigenvalue weighted by atomic mass is 16.6. The molecule has 0 fully saturated rings. The van der Waals surface area contributed by atoms with Gasteiger partial charge in [-0.15, -0.1) is 0 Å². The molecule has 0 saturated carbocycles. The number of likely N-dealkylation sites (N-methyl/N-ethyl adjacent to an activating group) is 1. The average molecular weight is 374 g/mol. The maximum atomic E-state index is 12.1. The van der Waals surface area contributed by atoms with E-state index in [9.17, 15) is 9.59 Å². The van der Waals surface area contributed by atoms with Gasteiger partial charge in [0.1, 0.15) is 13.2 Å². The lowest BCUT2D eigenvalue weighted by Gasteiger charge is -2.21. The third kappa shape index (κ3) is 5.38. The zero-order valence-electron chi connectivity index (χ0n) is 15.6. The topological polar surface area (TPSA) is 98.1 Å². The smallest absolute Gasteiger partial charge is 0.331 e. The van der Waals surface area contributed by atoms with E-state index in [1.807, 2.05) is 6.07 Å². The van der Waals surface area contributed by atoms with Gasteiger partial charge in [-0.25, -0.2) is 4.79 Å². The number of benzene rings is 1. The van der Waals surface area contributed by atoms with Crippen LogP contribution in [0.15, 0.2) is 18.2 Å². The standard InChI is InChI=1S/C19H22N2O6/c1-13(19(23)21(2)8-4-7-20)27-17(22)6-5-14-11-15(24-3)18-16(12-14)25-9-10-26-18/h5-6,11-13H,4,8-10H2,1-3H3/b6-5+/t13-/m1/s1. The summed E-state index contributed by atoms with van der Waals surface area (Å²) in [4.78, 5) is 25.4. The molecular weight excluding hydrogens is 352 g/mol. The lowest BCUT2D eigenvalue weighted by atomic mass is 10.1. The first-order valence-corrected chi connectivity index (χ1v) is 8.44. The van der Waals surface area contributed by atoms with Crippen LogP contribution in [0.4, 0.5) is 0 Å². The first-order valence-electron chi connectivity index (χ1n) is 8.44. The number of nitrogens with zero attached hydrogens (tertiary/aromatic N) is 2. The third-order valence-electron chi connectivity index (χ3n) is 3.84. The van der Waals surface area contributed by atoms with Crippen molar-refractivity contribution in [3.63, 3.8) is 0 Å². The molecule has 8 nitrogen and oxygen atoms in total. The maximum absolute atomic E-state index is 12.1. The molecule has 0 unspecified atom stereocenters. The van der Waals surface area contributed by atoms with Crippen molar-refractivity contribution in [1.82, 2.24) is 4.90 Å². The summed E-state index contributed by atoms with van der Waals surface area (Å²) in [5.41, 5.74) is 0.665. The Morgan fingerprint density at radius 3 is 2.81 bits per heavy atom. The molecule has 1 heterocycles. The Morgan fingerprint density at radius 1 is 1.37 bits per heavy atom. The summed E-state index contributed by atoms with van der Waals surface area (Å²) in [5, 5.41) is 8.56. The molecule has 0 aromatic heterocycles. The zero-order valence-corrected chi connectivity index (χ0v) is 15.6. The quantitative estimate of drug-likeness (QED) is 0.530. The molecule has 27 heavy (non-hydrogen) atoms. The van der Waals surface area contributed by atoms with Gasteiger partial charge in [-0.05, 0) is 30.7 Å². The molecule has 144 valence electrons. The van der Waals surface area contributed by atoms with Gasteiger partial charge in [0.15, 0.2) is 17.6 Å². The van der Waals surface area contributed by atoms with Gasteiger partial charge in [-0.2, -0.15) is 5.26 Å². The highest BCUT2D eigenvalue weighted by molar-refractivity contribution is 5.90. The number of nitriles is 1. The molecule has 1 aliphatic rings. The summed E-state index contributed by atoms with van der Waals surface area (Å²) in [5.74, 6) is 0.550. The van der Waals surface area contributed by atoms with E-state index in [-0.39, 0.29) is 18.9 Å². The van der Waals surface area contributed by atoms with E-state index in [1.54, 1.807) is 25.3 Å². The van der Waals surface area contributed by atoms with E-state index in [0.717, 1.165) is 0 Å². The Bertz CT molecular complexity index is 751. The number of carbonyl (C=O) groups is 2. The van der Waals surface area contributed by atoms with Gasteiger partial charge < -0.3 is 23.8 Å². The summed E-state index contributed by atoms with van der Waals surface area (Å²) < 4.78 is 21.5. The number of carbonyl (C=O) groups excluding carboxylic acids is 2. The number of fused-ring (bicyclic) bond motifs is 1.